The summed E-state index contributed by atoms with van der Waals surface area (Å²) in [5.41, 5.74) is 0. The molecule has 0 aromatic heterocycles. The zero-order valence-corrected chi connectivity index (χ0v) is 14.0. The number of hydrogen-bond donors (Lipinski definition) is 1. The Morgan fingerprint density at radius 1 is 0.857 bits per heavy atom. The zero-order chi connectivity index (χ0) is 16.3. The maximum Gasteiger partial charge on any atom is 0.323 e. The largest absolute Gasteiger partial charge is 0.480 e. The minimum absolute atomic E-state index is 0.165. The number of aliphatic carboxylic acids is 1. The fourth-order valence-electron chi connectivity index (χ4n) is 2.29. The molecule has 0 rings (SSSR count). The number of carbonyl (C=O) groups is 2. The van der Waals surface area contributed by atoms with Crippen molar-refractivity contribution < 1.29 is 14.7 Å². The Hall–Kier alpha value is -1.30. The van der Waals surface area contributed by atoms with Gasteiger partial charge in [-0.2, -0.15) is 0 Å². The molecule has 0 aliphatic carbocycles. The number of carboxylic acids is 1. The predicted molar refractivity (Wildman–Crippen MR) is 84.5 cm³/mol. The van der Waals surface area contributed by atoms with Gasteiger partial charge >= 0.3 is 12.0 Å². The van der Waals surface area contributed by atoms with Crippen LogP contribution in [0.2, 0.25) is 0 Å². The molecule has 124 valence electrons. The van der Waals surface area contributed by atoms with E-state index in [0.29, 0.717) is 19.6 Å². The third-order valence-corrected chi connectivity index (χ3v) is 3.54. The monoisotopic (exact) mass is 301 g/mol. The van der Waals surface area contributed by atoms with Crippen molar-refractivity contribution in [3.8, 4) is 0 Å². The average Bonchev–Trinajstić information content (AvgIpc) is 2.46. The highest BCUT2D eigenvalue weighted by atomic mass is 16.4. The molecule has 0 aromatic rings. The Morgan fingerprint density at radius 2 is 1.48 bits per heavy atom. The smallest absolute Gasteiger partial charge is 0.323 e. The first-order valence-corrected chi connectivity index (χ1v) is 7.97. The first-order chi connectivity index (χ1) is 9.99. The number of rotatable bonds is 11. The number of urea groups is 1. The van der Waals surface area contributed by atoms with Crippen molar-refractivity contribution in [1.82, 2.24) is 14.7 Å². The van der Waals surface area contributed by atoms with Gasteiger partial charge in [-0.1, -0.05) is 20.8 Å². The summed E-state index contributed by atoms with van der Waals surface area (Å²) in [6, 6.07) is -0.165. The highest BCUT2D eigenvalue weighted by Gasteiger charge is 2.21. The van der Waals surface area contributed by atoms with Crippen molar-refractivity contribution in [1.29, 1.82) is 0 Å². The van der Waals surface area contributed by atoms with E-state index in [2.05, 4.69) is 18.7 Å². The fourth-order valence-corrected chi connectivity index (χ4v) is 2.29. The van der Waals surface area contributed by atoms with Crippen molar-refractivity contribution in [3.63, 3.8) is 0 Å². The summed E-state index contributed by atoms with van der Waals surface area (Å²) in [5, 5.41) is 8.91. The normalized spacial score (nSPS) is 10.7. The van der Waals surface area contributed by atoms with Gasteiger partial charge in [0.15, 0.2) is 0 Å². The van der Waals surface area contributed by atoms with Crippen molar-refractivity contribution >= 4 is 12.0 Å². The van der Waals surface area contributed by atoms with Crippen LogP contribution in [0.5, 0.6) is 0 Å². The SMILES string of the molecule is CCCN(CC(=O)O)C(=O)N(CC)CCCN(CC)CC. The zero-order valence-electron chi connectivity index (χ0n) is 14.0. The molecule has 6 heteroatoms. The number of carbonyl (C=O) groups excluding carboxylic acids is 1. The second-order valence-corrected chi connectivity index (χ2v) is 5.06. The van der Waals surface area contributed by atoms with Crippen LogP contribution in [0.4, 0.5) is 4.79 Å². The molecule has 1 N–H and O–H groups in total. The van der Waals surface area contributed by atoms with Gasteiger partial charge in [0.1, 0.15) is 6.54 Å². The Morgan fingerprint density at radius 3 is 1.90 bits per heavy atom. The Bertz CT molecular complexity index is 307. The fraction of sp³-hybridized carbons (Fsp3) is 0.867. The van der Waals surface area contributed by atoms with Gasteiger partial charge in [-0.25, -0.2) is 4.79 Å². The lowest BCUT2D eigenvalue weighted by molar-refractivity contribution is -0.137. The molecule has 6 nitrogen and oxygen atoms in total. The van der Waals surface area contributed by atoms with E-state index < -0.39 is 5.97 Å². The lowest BCUT2D eigenvalue weighted by Crippen LogP contribution is -2.46. The van der Waals surface area contributed by atoms with Crippen LogP contribution in [0.3, 0.4) is 0 Å². The Kier molecular flexibility index (Phi) is 10.7. The summed E-state index contributed by atoms with van der Waals surface area (Å²) in [6.07, 6.45) is 1.67. The average molecular weight is 301 g/mol. The summed E-state index contributed by atoms with van der Waals surface area (Å²) < 4.78 is 0. The highest BCUT2D eigenvalue weighted by Crippen LogP contribution is 2.03. The van der Waals surface area contributed by atoms with E-state index in [0.717, 1.165) is 32.5 Å². The molecule has 21 heavy (non-hydrogen) atoms. The van der Waals surface area contributed by atoms with Gasteiger partial charge in [0.05, 0.1) is 0 Å². The summed E-state index contributed by atoms with van der Waals surface area (Å²) in [4.78, 5) is 28.7. The quantitative estimate of drug-likeness (QED) is 0.633. The van der Waals surface area contributed by atoms with Gasteiger partial charge in [0.25, 0.3) is 0 Å². The minimum atomic E-state index is -0.962. The first-order valence-electron chi connectivity index (χ1n) is 7.97. The van der Waals surface area contributed by atoms with Crippen molar-refractivity contribution in [3.05, 3.63) is 0 Å². The molecule has 0 saturated heterocycles. The Labute approximate surface area is 128 Å². The third-order valence-electron chi connectivity index (χ3n) is 3.54. The van der Waals surface area contributed by atoms with Crippen LogP contribution in [0.1, 0.15) is 40.5 Å². The van der Waals surface area contributed by atoms with E-state index in [1.165, 1.54) is 4.90 Å². The molecule has 0 saturated carbocycles. The first kappa shape index (κ1) is 19.7. The van der Waals surface area contributed by atoms with E-state index in [9.17, 15) is 9.59 Å². The molecular formula is C15H31N3O3. The van der Waals surface area contributed by atoms with Gasteiger partial charge < -0.3 is 19.8 Å². The molecule has 0 unspecified atom stereocenters. The van der Waals surface area contributed by atoms with E-state index in [1.807, 2.05) is 13.8 Å². The Balaban J connectivity index is 4.46. The van der Waals surface area contributed by atoms with Crippen LogP contribution in [0.25, 0.3) is 0 Å². The van der Waals surface area contributed by atoms with Gasteiger partial charge in [0, 0.05) is 19.6 Å². The lowest BCUT2D eigenvalue weighted by Gasteiger charge is -2.29. The maximum absolute atomic E-state index is 12.4. The van der Waals surface area contributed by atoms with Crippen LogP contribution in [0, 0.1) is 0 Å². The van der Waals surface area contributed by atoms with Crippen LogP contribution in [-0.2, 0) is 4.79 Å². The maximum atomic E-state index is 12.4. The van der Waals surface area contributed by atoms with Gasteiger partial charge in [0.2, 0.25) is 0 Å². The lowest BCUT2D eigenvalue weighted by atomic mass is 10.3. The molecule has 0 bridgehead atoms. The molecule has 0 aliphatic rings. The molecule has 0 atom stereocenters. The van der Waals surface area contributed by atoms with Gasteiger partial charge in [-0.3, -0.25) is 4.79 Å². The summed E-state index contributed by atoms with van der Waals surface area (Å²) in [5.74, 6) is -0.962. The van der Waals surface area contributed by atoms with Crippen molar-refractivity contribution in [2.45, 2.75) is 40.5 Å². The molecule has 0 aromatic carbocycles. The molecule has 0 fully saturated rings. The summed E-state index contributed by atoms with van der Waals surface area (Å²) in [6.45, 7) is 12.7. The van der Waals surface area contributed by atoms with E-state index in [4.69, 9.17) is 5.11 Å². The molecular weight excluding hydrogens is 270 g/mol. The molecule has 0 radical (unpaired) electrons. The molecule has 2 amide bonds. The standard InChI is InChI=1S/C15H31N3O3/c1-5-10-18(13-14(19)20)15(21)17(8-4)12-9-11-16(6-2)7-3/h5-13H2,1-4H3,(H,19,20). The van der Waals surface area contributed by atoms with Crippen LogP contribution in [0.15, 0.2) is 0 Å². The van der Waals surface area contributed by atoms with E-state index in [-0.39, 0.29) is 12.6 Å². The third kappa shape index (κ3) is 7.90. The minimum Gasteiger partial charge on any atom is -0.480 e. The highest BCUT2D eigenvalue weighted by molar-refractivity contribution is 5.80. The molecule has 0 heterocycles. The van der Waals surface area contributed by atoms with Crippen molar-refractivity contribution in [2.75, 3.05) is 45.8 Å². The van der Waals surface area contributed by atoms with E-state index in [1.54, 1.807) is 4.90 Å². The van der Waals surface area contributed by atoms with E-state index >= 15 is 0 Å². The second kappa shape index (κ2) is 11.4. The topological polar surface area (TPSA) is 64.1 Å². The number of nitrogens with zero attached hydrogens (tertiary/aromatic N) is 3. The molecule has 0 spiro atoms. The van der Waals surface area contributed by atoms with Crippen molar-refractivity contribution in [2.24, 2.45) is 0 Å². The summed E-state index contributed by atoms with van der Waals surface area (Å²) >= 11 is 0. The predicted octanol–water partition coefficient (Wildman–Crippen LogP) is 1.96. The van der Waals surface area contributed by atoms with Crippen LogP contribution >= 0.6 is 0 Å². The van der Waals surface area contributed by atoms with Crippen LogP contribution in [-0.4, -0.2) is 77.6 Å². The van der Waals surface area contributed by atoms with Gasteiger partial charge in [-0.05, 0) is 39.4 Å². The van der Waals surface area contributed by atoms with Gasteiger partial charge in [-0.15, -0.1) is 0 Å². The van der Waals surface area contributed by atoms with Crippen LogP contribution < -0.4 is 0 Å². The second-order valence-electron chi connectivity index (χ2n) is 5.06. The molecule has 0 aliphatic heterocycles. The number of hydrogen-bond acceptors (Lipinski definition) is 3. The summed E-state index contributed by atoms with van der Waals surface area (Å²) in [7, 11) is 0. The number of carboxylic acid groups (broad SMARTS) is 1. The number of amides is 2.